The first-order valence-electron chi connectivity index (χ1n) is 8.50. The minimum Gasteiger partial charge on any atom is -0.489 e. The Bertz CT molecular complexity index is 825. The van der Waals surface area contributed by atoms with Gasteiger partial charge in [0.2, 0.25) is 0 Å². The van der Waals surface area contributed by atoms with Gasteiger partial charge < -0.3 is 19.7 Å². The van der Waals surface area contributed by atoms with Crippen molar-refractivity contribution >= 4 is 24.8 Å². The second-order valence-electron chi connectivity index (χ2n) is 6.25. The van der Waals surface area contributed by atoms with Gasteiger partial charge in [0.1, 0.15) is 18.2 Å². The van der Waals surface area contributed by atoms with Gasteiger partial charge in [-0.3, -0.25) is 0 Å². The van der Waals surface area contributed by atoms with Crippen molar-refractivity contribution in [3.05, 3.63) is 72.6 Å². The lowest BCUT2D eigenvalue weighted by Crippen LogP contribution is -2.22. The number of hydrogen-bond donors (Lipinski definition) is 2. The molecule has 1 aliphatic heterocycles. The minimum atomic E-state index is -0.388. The second-order valence-corrected chi connectivity index (χ2v) is 6.25. The molecule has 4 rings (SSSR count). The number of benzene rings is 2. The number of aliphatic hydroxyl groups excluding tert-OH is 1. The van der Waals surface area contributed by atoms with E-state index < -0.39 is 0 Å². The van der Waals surface area contributed by atoms with Crippen molar-refractivity contribution in [3.63, 3.8) is 0 Å². The first-order chi connectivity index (χ1) is 12.3. The zero-order chi connectivity index (χ0) is 17.1. The largest absolute Gasteiger partial charge is 0.489 e. The van der Waals surface area contributed by atoms with Gasteiger partial charge in [0.25, 0.3) is 0 Å². The fourth-order valence-corrected chi connectivity index (χ4v) is 3.18. The van der Waals surface area contributed by atoms with Crippen LogP contribution < -0.4 is 10.1 Å². The van der Waals surface area contributed by atoms with Gasteiger partial charge in [-0.25, -0.2) is 4.98 Å². The van der Waals surface area contributed by atoms with Crippen LogP contribution in [0.5, 0.6) is 5.75 Å². The monoisotopic (exact) mass is 407 g/mol. The third kappa shape index (κ3) is 4.82. The van der Waals surface area contributed by atoms with E-state index in [1.807, 2.05) is 65.4 Å². The molecule has 27 heavy (non-hydrogen) atoms. The van der Waals surface area contributed by atoms with Crippen LogP contribution in [-0.4, -0.2) is 33.9 Å². The van der Waals surface area contributed by atoms with Gasteiger partial charge >= 0.3 is 0 Å². The lowest BCUT2D eigenvalue weighted by atomic mass is 10.1. The van der Waals surface area contributed by atoms with Crippen LogP contribution in [0.15, 0.2) is 67.0 Å². The van der Waals surface area contributed by atoms with Crippen molar-refractivity contribution in [1.29, 1.82) is 0 Å². The Hall–Kier alpha value is -2.05. The van der Waals surface area contributed by atoms with E-state index in [1.54, 1.807) is 6.20 Å². The van der Waals surface area contributed by atoms with Gasteiger partial charge in [-0.15, -0.1) is 24.8 Å². The number of ether oxygens (including phenoxy) is 1. The predicted molar refractivity (Wildman–Crippen MR) is 111 cm³/mol. The van der Waals surface area contributed by atoms with Crippen LogP contribution in [0.2, 0.25) is 0 Å². The van der Waals surface area contributed by atoms with Crippen LogP contribution in [0.4, 0.5) is 0 Å². The second kappa shape index (κ2) is 9.76. The van der Waals surface area contributed by atoms with E-state index in [2.05, 4.69) is 10.3 Å². The van der Waals surface area contributed by atoms with Crippen molar-refractivity contribution in [3.8, 4) is 17.1 Å². The molecule has 0 amide bonds. The molecule has 0 aliphatic carbocycles. The van der Waals surface area contributed by atoms with Gasteiger partial charge in [0.15, 0.2) is 0 Å². The summed E-state index contributed by atoms with van der Waals surface area (Å²) in [7, 11) is 0. The highest BCUT2D eigenvalue weighted by Gasteiger charge is 2.28. The zero-order valence-electron chi connectivity index (χ0n) is 14.7. The Morgan fingerprint density at radius 2 is 1.78 bits per heavy atom. The number of aromatic nitrogens is 2. The molecule has 3 aromatic rings. The number of imidazole rings is 1. The number of halogens is 2. The lowest BCUT2D eigenvalue weighted by molar-refractivity contribution is 0.151. The fraction of sp³-hybridized carbons (Fsp3) is 0.250. The van der Waals surface area contributed by atoms with Gasteiger partial charge in [-0.1, -0.05) is 30.3 Å². The molecular formula is C20H23Cl2N3O2. The van der Waals surface area contributed by atoms with E-state index >= 15 is 0 Å². The highest BCUT2D eigenvalue weighted by Crippen LogP contribution is 2.26. The van der Waals surface area contributed by atoms with Crippen LogP contribution >= 0.6 is 24.8 Å². The van der Waals surface area contributed by atoms with E-state index in [0.29, 0.717) is 13.2 Å². The number of nitrogens with one attached hydrogen (secondary N) is 1. The Morgan fingerprint density at radius 3 is 2.44 bits per heavy atom. The van der Waals surface area contributed by atoms with Gasteiger partial charge in [-0.2, -0.15) is 0 Å². The van der Waals surface area contributed by atoms with Crippen molar-refractivity contribution < 1.29 is 9.84 Å². The summed E-state index contributed by atoms with van der Waals surface area (Å²) in [6.07, 6.45) is 3.32. The third-order valence-corrected chi connectivity index (χ3v) is 4.54. The summed E-state index contributed by atoms with van der Waals surface area (Å²) in [5.41, 5.74) is 2.15. The number of aliphatic hydroxyl groups is 1. The molecule has 1 fully saturated rings. The van der Waals surface area contributed by atoms with E-state index in [4.69, 9.17) is 4.74 Å². The molecule has 1 aromatic heterocycles. The zero-order valence-corrected chi connectivity index (χ0v) is 16.3. The van der Waals surface area contributed by atoms with Crippen molar-refractivity contribution in [2.24, 2.45) is 0 Å². The molecule has 7 heteroatoms. The number of β-amino-alcohol motifs (C(OH)–C–C–N with tert-alkyl or cyclic N) is 1. The quantitative estimate of drug-likeness (QED) is 0.679. The summed E-state index contributed by atoms with van der Waals surface area (Å²) in [6.45, 7) is 1.92. The van der Waals surface area contributed by atoms with E-state index in [1.165, 1.54) is 0 Å². The van der Waals surface area contributed by atoms with Gasteiger partial charge in [-0.05, 0) is 29.8 Å². The molecule has 2 aromatic carbocycles. The molecule has 1 saturated heterocycles. The molecule has 5 nitrogen and oxygen atoms in total. The summed E-state index contributed by atoms with van der Waals surface area (Å²) in [6, 6.07) is 18.1. The number of hydrogen-bond acceptors (Lipinski definition) is 4. The van der Waals surface area contributed by atoms with Crippen molar-refractivity contribution in [2.45, 2.75) is 18.8 Å². The number of rotatable bonds is 5. The maximum absolute atomic E-state index is 10.1. The van der Waals surface area contributed by atoms with Crippen LogP contribution in [0.25, 0.3) is 11.4 Å². The Kier molecular flexibility index (Phi) is 7.68. The predicted octanol–water partition coefficient (Wildman–Crippen LogP) is 3.48. The first kappa shape index (κ1) is 21.3. The molecule has 0 radical (unpaired) electrons. The van der Waals surface area contributed by atoms with Crippen molar-refractivity contribution in [1.82, 2.24) is 14.9 Å². The topological polar surface area (TPSA) is 59.3 Å². The van der Waals surface area contributed by atoms with Gasteiger partial charge in [0.05, 0.1) is 12.1 Å². The molecule has 0 bridgehead atoms. The van der Waals surface area contributed by atoms with Gasteiger partial charge in [0, 0.05) is 31.0 Å². The van der Waals surface area contributed by atoms with Crippen LogP contribution in [-0.2, 0) is 6.61 Å². The Labute approximate surface area is 171 Å². The Balaban J connectivity index is 0.00000131. The normalized spacial score (nSPS) is 18.4. The summed E-state index contributed by atoms with van der Waals surface area (Å²) >= 11 is 0. The van der Waals surface area contributed by atoms with Crippen molar-refractivity contribution in [2.75, 3.05) is 13.1 Å². The standard InChI is InChI=1S/C20H21N3O2.2ClH/c24-19-13-21-12-18(19)23-11-10-22-20(23)16-6-8-17(9-7-16)25-14-15-4-2-1-3-5-15;;/h1-11,18-19,21,24H,12-14H2;2*1H/t18-,19-;;/m0../s1. The highest BCUT2D eigenvalue weighted by molar-refractivity contribution is 5.85. The molecule has 2 atom stereocenters. The fourth-order valence-electron chi connectivity index (χ4n) is 3.18. The molecular weight excluding hydrogens is 385 g/mol. The number of nitrogens with zero attached hydrogens (tertiary/aromatic N) is 2. The summed E-state index contributed by atoms with van der Waals surface area (Å²) < 4.78 is 7.88. The molecule has 0 unspecified atom stereocenters. The van der Waals surface area contributed by atoms with E-state index in [-0.39, 0.29) is 37.0 Å². The first-order valence-corrected chi connectivity index (χ1v) is 8.50. The maximum atomic E-state index is 10.1. The average molecular weight is 408 g/mol. The molecule has 2 N–H and O–H groups in total. The van der Waals surface area contributed by atoms with Crippen LogP contribution in [0, 0.1) is 0 Å². The molecule has 0 saturated carbocycles. The molecule has 1 aliphatic rings. The minimum absolute atomic E-state index is 0. The third-order valence-electron chi connectivity index (χ3n) is 4.54. The SMILES string of the molecule is Cl.Cl.O[C@H]1CNC[C@@H]1n1ccnc1-c1ccc(OCc2ccccc2)cc1. The summed E-state index contributed by atoms with van der Waals surface area (Å²) in [5, 5.41) is 13.3. The average Bonchev–Trinajstić information content (AvgIpc) is 3.30. The summed E-state index contributed by atoms with van der Waals surface area (Å²) in [4.78, 5) is 4.47. The highest BCUT2D eigenvalue weighted by atomic mass is 35.5. The molecule has 144 valence electrons. The van der Waals surface area contributed by atoms with E-state index in [0.717, 1.165) is 29.2 Å². The molecule has 2 heterocycles. The van der Waals surface area contributed by atoms with E-state index in [9.17, 15) is 5.11 Å². The molecule has 0 spiro atoms. The maximum Gasteiger partial charge on any atom is 0.140 e. The van der Waals surface area contributed by atoms with Crippen LogP contribution in [0.3, 0.4) is 0 Å². The summed E-state index contributed by atoms with van der Waals surface area (Å²) in [5.74, 6) is 1.69. The Morgan fingerprint density at radius 1 is 1.04 bits per heavy atom. The smallest absolute Gasteiger partial charge is 0.140 e. The lowest BCUT2D eigenvalue weighted by Gasteiger charge is -2.18. The van der Waals surface area contributed by atoms with Crippen LogP contribution in [0.1, 0.15) is 11.6 Å².